The lowest BCUT2D eigenvalue weighted by atomic mass is 9.97. The van der Waals surface area contributed by atoms with Crippen LogP contribution >= 0.6 is 0 Å². The van der Waals surface area contributed by atoms with Gasteiger partial charge in [0.1, 0.15) is 5.82 Å². The number of hydrogen-bond donors (Lipinski definition) is 4. The van der Waals surface area contributed by atoms with Crippen LogP contribution in [-0.4, -0.2) is 42.8 Å². The van der Waals surface area contributed by atoms with Crippen LogP contribution in [0.15, 0.2) is 12.1 Å². The van der Waals surface area contributed by atoms with Crippen LogP contribution in [0.2, 0.25) is 0 Å². The van der Waals surface area contributed by atoms with Gasteiger partial charge in [-0.3, -0.25) is 10.9 Å². The lowest BCUT2D eigenvalue weighted by Gasteiger charge is -2.18. The van der Waals surface area contributed by atoms with E-state index in [-0.39, 0.29) is 0 Å². The molecule has 3 rings (SSSR count). The predicted octanol–water partition coefficient (Wildman–Crippen LogP) is 1.14. The third-order valence-corrected chi connectivity index (χ3v) is 4.55. The molecular weight excluding hydrogens is 308 g/mol. The van der Waals surface area contributed by atoms with Crippen molar-refractivity contribution in [3.05, 3.63) is 12.1 Å². The molecule has 1 saturated heterocycles. The zero-order valence-electron chi connectivity index (χ0n) is 14.4. The fourth-order valence-electron chi connectivity index (χ4n) is 3.03. The minimum atomic E-state index is 0.370. The maximum atomic E-state index is 6.10. The zero-order valence-corrected chi connectivity index (χ0v) is 14.4. The minimum absolute atomic E-state index is 0.370. The van der Waals surface area contributed by atoms with Gasteiger partial charge in [-0.2, -0.15) is 4.98 Å². The summed E-state index contributed by atoms with van der Waals surface area (Å²) in [6.45, 7) is 5.05. The maximum absolute atomic E-state index is 6.10. The Balaban J connectivity index is 1.87. The molecule has 130 valence electrons. The highest BCUT2D eigenvalue weighted by Gasteiger charge is 2.29. The number of ether oxygens (including phenoxy) is 2. The van der Waals surface area contributed by atoms with Gasteiger partial charge in [-0.15, -0.1) is 0 Å². The van der Waals surface area contributed by atoms with Gasteiger partial charge in [-0.1, -0.05) is 0 Å². The average molecular weight is 332 g/mol. The van der Waals surface area contributed by atoms with E-state index in [4.69, 9.17) is 15.2 Å². The van der Waals surface area contributed by atoms with Gasteiger partial charge < -0.3 is 20.5 Å². The summed E-state index contributed by atoms with van der Waals surface area (Å²) < 4.78 is 10.6. The number of fused-ring (bicyclic) bond motifs is 1. The van der Waals surface area contributed by atoms with Crippen molar-refractivity contribution in [2.24, 2.45) is 5.92 Å². The SMILES string of the molecule is COc1cc2nc(NCC3C(C)NNC3C)nc(N)c2cc1OC. The molecule has 2 aromatic rings. The summed E-state index contributed by atoms with van der Waals surface area (Å²) in [6, 6.07) is 4.34. The van der Waals surface area contributed by atoms with E-state index in [9.17, 15) is 0 Å². The molecule has 1 aromatic carbocycles. The molecule has 1 aromatic heterocycles. The standard InChI is InChI=1S/C16H24N6O2/c1-8-11(9(2)22-21-8)7-18-16-19-12-6-14(24-4)13(23-3)5-10(12)15(17)20-16/h5-6,8-9,11,21-22H,7H2,1-4H3,(H3,17,18,19,20). The fraction of sp³-hybridized carbons (Fsp3) is 0.500. The molecule has 0 radical (unpaired) electrons. The molecule has 8 heteroatoms. The summed E-state index contributed by atoms with van der Waals surface area (Å²) in [5, 5.41) is 4.03. The molecular formula is C16H24N6O2. The normalized spacial score (nSPS) is 23.4. The van der Waals surface area contributed by atoms with E-state index in [1.165, 1.54) is 0 Å². The fourth-order valence-corrected chi connectivity index (χ4v) is 3.03. The molecule has 1 fully saturated rings. The monoisotopic (exact) mass is 332 g/mol. The molecule has 24 heavy (non-hydrogen) atoms. The topological polar surface area (TPSA) is 106 Å². The highest BCUT2D eigenvalue weighted by atomic mass is 16.5. The summed E-state index contributed by atoms with van der Waals surface area (Å²) in [4.78, 5) is 8.91. The van der Waals surface area contributed by atoms with E-state index >= 15 is 0 Å². The Bertz CT molecular complexity index is 728. The third kappa shape index (κ3) is 3.02. The first-order valence-corrected chi connectivity index (χ1v) is 7.97. The van der Waals surface area contributed by atoms with Gasteiger partial charge >= 0.3 is 0 Å². The first kappa shape index (κ1) is 16.5. The zero-order chi connectivity index (χ0) is 17.3. The van der Waals surface area contributed by atoms with Crippen LogP contribution in [0, 0.1) is 5.92 Å². The van der Waals surface area contributed by atoms with Crippen molar-refractivity contribution in [1.29, 1.82) is 0 Å². The van der Waals surface area contributed by atoms with Gasteiger partial charge in [-0.25, -0.2) is 4.98 Å². The van der Waals surface area contributed by atoms with Gasteiger partial charge in [0, 0.05) is 36.0 Å². The molecule has 0 saturated carbocycles. The second kappa shape index (κ2) is 6.66. The lowest BCUT2D eigenvalue weighted by Crippen LogP contribution is -2.30. The first-order valence-electron chi connectivity index (χ1n) is 7.97. The maximum Gasteiger partial charge on any atom is 0.225 e. The number of nitrogens with two attached hydrogens (primary N) is 1. The lowest BCUT2D eigenvalue weighted by molar-refractivity contribution is 0.356. The highest BCUT2D eigenvalue weighted by molar-refractivity contribution is 5.91. The van der Waals surface area contributed by atoms with E-state index in [1.807, 2.05) is 0 Å². The molecule has 1 aliphatic rings. The number of aromatic nitrogens is 2. The summed E-state index contributed by atoms with van der Waals surface area (Å²) in [7, 11) is 3.18. The molecule has 1 aliphatic heterocycles. The number of rotatable bonds is 5. The Labute approximate surface area is 141 Å². The summed E-state index contributed by atoms with van der Waals surface area (Å²) >= 11 is 0. The molecule has 0 amide bonds. The quantitative estimate of drug-likeness (QED) is 0.646. The molecule has 8 nitrogen and oxygen atoms in total. The van der Waals surface area contributed by atoms with Gasteiger partial charge in [-0.05, 0) is 19.9 Å². The average Bonchev–Trinajstić information content (AvgIpc) is 2.90. The molecule has 5 N–H and O–H groups in total. The van der Waals surface area contributed by atoms with Gasteiger partial charge in [0.05, 0.1) is 19.7 Å². The molecule has 0 spiro atoms. The van der Waals surface area contributed by atoms with Crippen molar-refractivity contribution in [3.63, 3.8) is 0 Å². The van der Waals surface area contributed by atoms with Crippen molar-refractivity contribution in [3.8, 4) is 11.5 Å². The van der Waals surface area contributed by atoms with E-state index in [2.05, 4.69) is 40.0 Å². The number of nitrogens with one attached hydrogen (secondary N) is 3. The van der Waals surface area contributed by atoms with Crippen molar-refractivity contribution in [2.75, 3.05) is 31.8 Å². The van der Waals surface area contributed by atoms with Crippen LogP contribution in [0.4, 0.5) is 11.8 Å². The van der Waals surface area contributed by atoms with Crippen LogP contribution in [0.1, 0.15) is 13.8 Å². The van der Waals surface area contributed by atoms with Crippen molar-refractivity contribution in [2.45, 2.75) is 25.9 Å². The van der Waals surface area contributed by atoms with Crippen LogP contribution in [0.5, 0.6) is 11.5 Å². The smallest absolute Gasteiger partial charge is 0.225 e. The van der Waals surface area contributed by atoms with E-state index < -0.39 is 0 Å². The second-order valence-corrected chi connectivity index (χ2v) is 6.07. The number of hydrogen-bond acceptors (Lipinski definition) is 8. The Morgan fingerprint density at radius 2 is 1.71 bits per heavy atom. The van der Waals surface area contributed by atoms with Crippen LogP contribution in [0.25, 0.3) is 10.9 Å². The predicted molar refractivity (Wildman–Crippen MR) is 94.2 cm³/mol. The minimum Gasteiger partial charge on any atom is -0.493 e. The second-order valence-electron chi connectivity index (χ2n) is 6.07. The first-order chi connectivity index (χ1) is 11.5. The van der Waals surface area contributed by atoms with Gasteiger partial charge in [0.2, 0.25) is 5.95 Å². The van der Waals surface area contributed by atoms with Gasteiger partial charge in [0.15, 0.2) is 11.5 Å². The molecule has 2 heterocycles. The Morgan fingerprint density at radius 3 is 2.33 bits per heavy atom. The number of benzene rings is 1. The van der Waals surface area contributed by atoms with Crippen LogP contribution < -0.4 is 31.4 Å². The van der Waals surface area contributed by atoms with Crippen molar-refractivity contribution in [1.82, 2.24) is 20.8 Å². The van der Waals surface area contributed by atoms with Gasteiger partial charge in [0.25, 0.3) is 0 Å². The number of hydrazine groups is 1. The van der Waals surface area contributed by atoms with Crippen LogP contribution in [-0.2, 0) is 0 Å². The summed E-state index contributed by atoms with van der Waals surface area (Å²) in [6.07, 6.45) is 0. The Morgan fingerprint density at radius 1 is 1.08 bits per heavy atom. The molecule has 2 unspecified atom stereocenters. The number of nitrogens with zero attached hydrogens (tertiary/aromatic N) is 2. The van der Waals surface area contributed by atoms with Crippen LogP contribution in [0.3, 0.4) is 0 Å². The molecule has 0 bridgehead atoms. The molecule has 0 aliphatic carbocycles. The van der Waals surface area contributed by atoms with Crippen molar-refractivity contribution >= 4 is 22.7 Å². The summed E-state index contributed by atoms with van der Waals surface area (Å²) in [5.74, 6) is 2.56. The number of anilines is 2. The summed E-state index contributed by atoms with van der Waals surface area (Å²) in [5.41, 5.74) is 13.3. The Kier molecular flexibility index (Phi) is 4.59. The Hall–Kier alpha value is -2.32. The number of nitrogen functional groups attached to an aromatic ring is 1. The van der Waals surface area contributed by atoms with E-state index in [0.717, 1.165) is 11.9 Å². The van der Waals surface area contributed by atoms with E-state index in [1.54, 1.807) is 26.4 Å². The van der Waals surface area contributed by atoms with Crippen molar-refractivity contribution < 1.29 is 9.47 Å². The van der Waals surface area contributed by atoms with E-state index in [0.29, 0.717) is 46.8 Å². The third-order valence-electron chi connectivity index (χ3n) is 4.55. The largest absolute Gasteiger partial charge is 0.493 e. The highest BCUT2D eigenvalue weighted by Crippen LogP contribution is 2.33. The number of methoxy groups -OCH3 is 2. The molecule has 2 atom stereocenters.